The highest BCUT2D eigenvalue weighted by atomic mass is 19.4. The molecule has 16 heavy (non-hydrogen) atoms. The van der Waals surface area contributed by atoms with E-state index < -0.39 is 18.6 Å². The number of nitrogens with two attached hydrogens (primary N) is 1. The minimum Gasteiger partial charge on any atom is -0.338 e. The molecule has 0 radical (unpaired) electrons. The lowest BCUT2D eigenvalue weighted by Gasteiger charge is -2.17. The number of aryl methyl sites for hydroxylation is 2. The quantitative estimate of drug-likeness (QED) is 0.595. The molecule has 0 aliphatic heterocycles. The molecule has 0 aliphatic carbocycles. The van der Waals surface area contributed by atoms with Gasteiger partial charge in [0.2, 0.25) is 0 Å². The van der Waals surface area contributed by atoms with Crippen molar-refractivity contribution in [3.8, 4) is 0 Å². The molecule has 1 aromatic heterocycles. The van der Waals surface area contributed by atoms with E-state index in [0.29, 0.717) is 12.8 Å². The summed E-state index contributed by atoms with van der Waals surface area (Å²) in [7, 11) is 1.80. The molecule has 7 heteroatoms. The van der Waals surface area contributed by atoms with Crippen molar-refractivity contribution in [1.82, 2.24) is 15.0 Å². The summed E-state index contributed by atoms with van der Waals surface area (Å²) < 4.78 is 38.1. The summed E-state index contributed by atoms with van der Waals surface area (Å²) in [5, 5.41) is 0. The van der Waals surface area contributed by atoms with Crippen molar-refractivity contribution >= 4 is 0 Å². The molecule has 1 heterocycles. The fraction of sp³-hybridized carbons (Fsp3) is 0.667. The number of rotatable bonds is 5. The number of hydrogen-bond donors (Lipinski definition) is 2. The Morgan fingerprint density at radius 1 is 1.56 bits per heavy atom. The molecule has 1 unspecified atom stereocenters. The first-order valence-electron chi connectivity index (χ1n) is 4.91. The van der Waals surface area contributed by atoms with Crippen molar-refractivity contribution < 1.29 is 13.2 Å². The van der Waals surface area contributed by atoms with Gasteiger partial charge in [0.15, 0.2) is 0 Å². The maximum absolute atomic E-state index is 12.1. The van der Waals surface area contributed by atoms with Crippen LogP contribution >= 0.6 is 0 Å². The van der Waals surface area contributed by atoms with Crippen molar-refractivity contribution in [2.45, 2.75) is 31.5 Å². The van der Waals surface area contributed by atoms with Gasteiger partial charge < -0.3 is 4.57 Å². The number of aromatic nitrogens is 2. The van der Waals surface area contributed by atoms with E-state index in [4.69, 9.17) is 5.84 Å². The molecular formula is C9H15F3N4. The second kappa shape index (κ2) is 5.31. The number of nitrogens with one attached hydrogen (secondary N) is 1. The van der Waals surface area contributed by atoms with E-state index >= 15 is 0 Å². The number of imidazole rings is 1. The molecule has 92 valence electrons. The fourth-order valence-electron chi connectivity index (χ4n) is 1.46. The second-order valence-electron chi connectivity index (χ2n) is 3.68. The van der Waals surface area contributed by atoms with E-state index in [9.17, 15) is 13.2 Å². The van der Waals surface area contributed by atoms with E-state index in [2.05, 4.69) is 10.4 Å². The summed E-state index contributed by atoms with van der Waals surface area (Å²) >= 11 is 0. The Labute approximate surface area is 91.6 Å². The molecule has 0 aromatic carbocycles. The van der Waals surface area contributed by atoms with Gasteiger partial charge in [-0.3, -0.25) is 11.3 Å². The lowest BCUT2D eigenvalue weighted by atomic mass is 10.1. The third-order valence-electron chi connectivity index (χ3n) is 2.35. The third-order valence-corrected chi connectivity index (χ3v) is 2.35. The monoisotopic (exact) mass is 236 g/mol. The molecule has 1 aromatic rings. The van der Waals surface area contributed by atoms with Crippen LogP contribution in [0, 0.1) is 0 Å². The van der Waals surface area contributed by atoms with Crippen molar-refractivity contribution in [2.75, 3.05) is 0 Å². The molecule has 3 N–H and O–H groups in total. The van der Waals surface area contributed by atoms with Gasteiger partial charge in [0.05, 0.1) is 6.42 Å². The highest BCUT2D eigenvalue weighted by molar-refractivity contribution is 4.92. The lowest BCUT2D eigenvalue weighted by Crippen LogP contribution is -2.39. The van der Waals surface area contributed by atoms with Crippen LogP contribution in [0.15, 0.2) is 12.4 Å². The molecule has 0 spiro atoms. The first-order valence-corrected chi connectivity index (χ1v) is 4.91. The average molecular weight is 236 g/mol. The van der Waals surface area contributed by atoms with Crippen molar-refractivity contribution in [2.24, 2.45) is 12.9 Å². The van der Waals surface area contributed by atoms with Gasteiger partial charge in [0.1, 0.15) is 5.82 Å². The second-order valence-corrected chi connectivity index (χ2v) is 3.68. The van der Waals surface area contributed by atoms with Crippen LogP contribution in [0.3, 0.4) is 0 Å². The lowest BCUT2D eigenvalue weighted by molar-refractivity contribution is -0.140. The molecule has 1 rings (SSSR count). The van der Waals surface area contributed by atoms with E-state index in [-0.39, 0.29) is 0 Å². The summed E-state index contributed by atoms with van der Waals surface area (Å²) in [6.45, 7) is 0. The maximum Gasteiger partial charge on any atom is 0.390 e. The minimum atomic E-state index is -4.20. The molecule has 0 fully saturated rings. The minimum absolute atomic E-state index is 0.306. The van der Waals surface area contributed by atoms with Gasteiger partial charge in [0.25, 0.3) is 0 Å². The Balaban J connectivity index is 2.43. The van der Waals surface area contributed by atoms with Crippen LogP contribution in [-0.4, -0.2) is 21.8 Å². The van der Waals surface area contributed by atoms with Crippen LogP contribution in [0.4, 0.5) is 13.2 Å². The Morgan fingerprint density at radius 2 is 2.25 bits per heavy atom. The van der Waals surface area contributed by atoms with Crippen LogP contribution in [0.5, 0.6) is 0 Å². The van der Waals surface area contributed by atoms with Gasteiger partial charge in [-0.2, -0.15) is 13.2 Å². The number of halogens is 3. The average Bonchev–Trinajstić information content (AvgIpc) is 2.57. The van der Waals surface area contributed by atoms with E-state index in [1.54, 1.807) is 24.0 Å². The van der Waals surface area contributed by atoms with Crippen LogP contribution < -0.4 is 11.3 Å². The first-order chi connectivity index (χ1) is 7.42. The Hall–Kier alpha value is -1.08. The van der Waals surface area contributed by atoms with Gasteiger partial charge in [-0.1, -0.05) is 0 Å². The Bertz CT molecular complexity index is 321. The third kappa shape index (κ3) is 4.19. The molecule has 0 saturated heterocycles. The van der Waals surface area contributed by atoms with Crippen LogP contribution in [0.25, 0.3) is 0 Å². The van der Waals surface area contributed by atoms with Crippen LogP contribution in [0.2, 0.25) is 0 Å². The van der Waals surface area contributed by atoms with E-state index in [1.807, 2.05) is 0 Å². The van der Waals surface area contributed by atoms with Gasteiger partial charge in [0, 0.05) is 31.9 Å². The van der Waals surface area contributed by atoms with Crippen molar-refractivity contribution in [3.05, 3.63) is 18.2 Å². The number of hydrogen-bond acceptors (Lipinski definition) is 3. The summed E-state index contributed by atoms with van der Waals surface area (Å²) in [6.07, 6.45) is -0.976. The predicted molar refractivity (Wildman–Crippen MR) is 53.3 cm³/mol. The predicted octanol–water partition coefficient (Wildman–Crippen LogP) is 1.14. The molecule has 0 saturated carbocycles. The maximum atomic E-state index is 12.1. The van der Waals surface area contributed by atoms with E-state index in [1.165, 1.54) is 0 Å². The topological polar surface area (TPSA) is 55.9 Å². The normalized spacial score (nSPS) is 14.1. The summed E-state index contributed by atoms with van der Waals surface area (Å²) in [4.78, 5) is 4.03. The summed E-state index contributed by atoms with van der Waals surface area (Å²) in [6, 6.07) is -0.767. The smallest absolute Gasteiger partial charge is 0.338 e. The van der Waals surface area contributed by atoms with Gasteiger partial charge in [-0.05, 0) is 6.42 Å². The standard InChI is InChI=1S/C9H15F3N4/c1-16-5-4-14-8(16)3-2-7(15-13)6-9(10,11)12/h4-5,7,15H,2-3,6,13H2,1H3. The molecule has 0 bridgehead atoms. The van der Waals surface area contributed by atoms with Crippen molar-refractivity contribution in [1.29, 1.82) is 0 Å². The molecular weight excluding hydrogens is 221 g/mol. The Morgan fingerprint density at radius 3 is 2.69 bits per heavy atom. The van der Waals surface area contributed by atoms with Crippen LogP contribution in [-0.2, 0) is 13.5 Å². The molecule has 0 amide bonds. The fourth-order valence-corrected chi connectivity index (χ4v) is 1.46. The number of hydrazine groups is 1. The summed E-state index contributed by atoms with van der Waals surface area (Å²) in [5.41, 5.74) is 2.18. The number of nitrogens with zero attached hydrogens (tertiary/aromatic N) is 2. The summed E-state index contributed by atoms with van der Waals surface area (Å²) in [5.74, 6) is 5.83. The highest BCUT2D eigenvalue weighted by Crippen LogP contribution is 2.22. The molecule has 4 nitrogen and oxygen atoms in total. The van der Waals surface area contributed by atoms with Gasteiger partial charge in [-0.25, -0.2) is 4.98 Å². The van der Waals surface area contributed by atoms with Gasteiger partial charge >= 0.3 is 6.18 Å². The Kier molecular flexibility index (Phi) is 4.31. The van der Waals surface area contributed by atoms with Crippen LogP contribution in [0.1, 0.15) is 18.7 Å². The van der Waals surface area contributed by atoms with E-state index in [0.717, 1.165) is 5.82 Å². The molecule has 0 aliphatic rings. The molecule has 1 atom stereocenters. The zero-order valence-corrected chi connectivity index (χ0v) is 8.96. The number of alkyl halides is 3. The zero-order chi connectivity index (χ0) is 12.2. The van der Waals surface area contributed by atoms with Crippen molar-refractivity contribution in [3.63, 3.8) is 0 Å². The zero-order valence-electron chi connectivity index (χ0n) is 8.96. The highest BCUT2D eigenvalue weighted by Gasteiger charge is 2.31. The van der Waals surface area contributed by atoms with Gasteiger partial charge in [-0.15, -0.1) is 0 Å². The largest absolute Gasteiger partial charge is 0.390 e. The first kappa shape index (κ1) is 13.0. The SMILES string of the molecule is Cn1ccnc1CCC(CC(F)(F)F)NN.